The lowest BCUT2D eigenvalue weighted by Gasteiger charge is -2.39. The van der Waals surface area contributed by atoms with Crippen LogP contribution in [0, 0.1) is 24.4 Å². The Morgan fingerprint density at radius 1 is 1.04 bits per heavy atom. The second-order valence-corrected chi connectivity index (χ2v) is 6.95. The van der Waals surface area contributed by atoms with Crippen LogP contribution in [0.2, 0.25) is 0 Å². The number of rotatable bonds is 4. The first-order chi connectivity index (χ1) is 13.2. The molecule has 0 saturated carbocycles. The second kappa shape index (κ2) is 6.70. The van der Waals surface area contributed by atoms with Gasteiger partial charge in [0.1, 0.15) is 11.3 Å². The van der Waals surface area contributed by atoms with Crippen LogP contribution in [0.15, 0.2) is 36.4 Å². The van der Waals surface area contributed by atoms with Gasteiger partial charge in [0.2, 0.25) is 0 Å². The number of aromatic nitrogens is 1. The van der Waals surface area contributed by atoms with Gasteiger partial charge in [-0.1, -0.05) is 6.07 Å². The highest BCUT2D eigenvalue weighted by Gasteiger charge is 2.43. The maximum atomic E-state index is 14.4. The largest absolute Gasteiger partial charge is 0.354 e. The molecule has 4 rings (SSSR count). The van der Waals surface area contributed by atoms with Crippen LogP contribution in [-0.2, 0) is 6.54 Å². The Hall–Kier alpha value is -2.74. The van der Waals surface area contributed by atoms with E-state index in [2.05, 4.69) is 10.3 Å². The maximum absolute atomic E-state index is 14.4. The van der Waals surface area contributed by atoms with Crippen LogP contribution in [0.5, 0.6) is 0 Å². The third kappa shape index (κ3) is 3.40. The van der Waals surface area contributed by atoms with Crippen LogP contribution in [0.25, 0.3) is 10.9 Å². The van der Waals surface area contributed by atoms with Gasteiger partial charge >= 0.3 is 0 Å². The number of nitrogens with zero attached hydrogens (tertiary/aromatic N) is 2. The van der Waals surface area contributed by atoms with Gasteiger partial charge in [0, 0.05) is 23.2 Å². The van der Waals surface area contributed by atoms with Crippen LogP contribution < -0.4 is 5.32 Å². The number of likely N-dealkylation sites (tertiary alicyclic amines) is 1. The minimum atomic E-state index is -2.74. The lowest BCUT2D eigenvalue weighted by molar-refractivity contribution is -0.134. The smallest absolute Gasteiger partial charge is 0.272 e. The molecule has 2 aromatic carbocycles. The van der Waals surface area contributed by atoms with Gasteiger partial charge in [0.15, 0.2) is 11.6 Å². The molecule has 0 atom stereocenters. The number of hydrogen-bond donors (Lipinski definition) is 1. The Morgan fingerprint density at radius 2 is 1.79 bits per heavy atom. The molecule has 0 aliphatic carbocycles. The summed E-state index contributed by atoms with van der Waals surface area (Å²) in [5.41, 5.74) is 1.44. The molecule has 0 spiro atoms. The lowest BCUT2D eigenvalue weighted by Crippen LogP contribution is -2.55. The molecular weight excluding hydrogens is 377 g/mol. The summed E-state index contributed by atoms with van der Waals surface area (Å²) < 4.78 is 67.9. The lowest BCUT2D eigenvalue weighted by atomic mass is 10.1. The number of hydrogen-bond acceptors (Lipinski definition) is 3. The van der Waals surface area contributed by atoms with E-state index < -0.39 is 36.5 Å². The van der Waals surface area contributed by atoms with Crippen LogP contribution in [0.1, 0.15) is 11.3 Å². The quantitative estimate of drug-likeness (QED) is 0.621. The van der Waals surface area contributed by atoms with Crippen molar-refractivity contribution in [3.8, 4) is 0 Å². The first-order valence-electron chi connectivity index (χ1n) is 8.63. The van der Waals surface area contributed by atoms with Crippen LogP contribution >= 0.6 is 0 Å². The predicted octanol–water partition coefficient (Wildman–Crippen LogP) is 5.16. The highest BCUT2D eigenvalue weighted by Crippen LogP contribution is 2.33. The average Bonchev–Trinajstić information content (AvgIpc) is 2.61. The molecule has 3 nitrogen and oxygen atoms in total. The highest BCUT2D eigenvalue weighted by molar-refractivity contribution is 5.84. The van der Waals surface area contributed by atoms with Crippen LogP contribution in [-0.4, -0.2) is 28.9 Å². The van der Waals surface area contributed by atoms with E-state index in [0.717, 1.165) is 6.07 Å². The molecule has 146 valence electrons. The number of fused-ring (bicyclic) bond motifs is 1. The first kappa shape index (κ1) is 18.6. The van der Waals surface area contributed by atoms with Crippen molar-refractivity contribution in [3.63, 3.8) is 0 Å². The topological polar surface area (TPSA) is 28.2 Å². The zero-order valence-electron chi connectivity index (χ0n) is 14.9. The molecule has 1 saturated heterocycles. The Kier molecular flexibility index (Phi) is 4.45. The maximum Gasteiger partial charge on any atom is 0.272 e. The number of nitrogens with one attached hydrogen (secondary N) is 1. The zero-order chi connectivity index (χ0) is 20.1. The minimum Gasteiger partial charge on any atom is -0.354 e. The Labute approximate surface area is 157 Å². The normalized spacial score (nSPS) is 16.2. The third-order valence-corrected chi connectivity index (χ3v) is 4.75. The number of alkyl halides is 2. The van der Waals surface area contributed by atoms with Crippen LogP contribution in [0.3, 0.4) is 0 Å². The van der Waals surface area contributed by atoms with Gasteiger partial charge in [-0.2, -0.15) is 0 Å². The summed E-state index contributed by atoms with van der Waals surface area (Å²) in [5, 5.41) is 3.43. The van der Waals surface area contributed by atoms with E-state index in [1.807, 2.05) is 0 Å². The summed E-state index contributed by atoms with van der Waals surface area (Å²) >= 11 is 0. The molecule has 1 fully saturated rings. The van der Waals surface area contributed by atoms with Crippen molar-refractivity contribution < 1.29 is 22.0 Å². The molecule has 8 heteroatoms. The molecule has 1 aliphatic heterocycles. The fourth-order valence-corrected chi connectivity index (χ4v) is 3.32. The Morgan fingerprint density at radius 3 is 2.50 bits per heavy atom. The van der Waals surface area contributed by atoms with Crippen molar-refractivity contribution in [3.05, 3.63) is 65.1 Å². The number of benzene rings is 2. The first-order valence-corrected chi connectivity index (χ1v) is 8.63. The molecule has 0 amide bonds. The monoisotopic (exact) mass is 393 g/mol. The SMILES string of the molecule is Cc1nc2c(F)c(F)ccc2cc1Nc1cccc(F)c1CN1CC(F)(F)C1. The molecule has 0 bridgehead atoms. The second-order valence-electron chi connectivity index (χ2n) is 6.95. The van der Waals surface area contributed by atoms with Gasteiger partial charge in [-0.05, 0) is 37.3 Å². The summed E-state index contributed by atoms with van der Waals surface area (Å²) in [7, 11) is 0. The van der Waals surface area contributed by atoms with E-state index in [1.165, 1.54) is 23.1 Å². The number of halogens is 5. The minimum absolute atomic E-state index is 0.0322. The van der Waals surface area contributed by atoms with Crippen molar-refractivity contribution in [2.45, 2.75) is 19.4 Å². The van der Waals surface area contributed by atoms with Gasteiger partial charge in [0.25, 0.3) is 5.92 Å². The summed E-state index contributed by atoms with van der Waals surface area (Å²) in [6, 6.07) is 8.40. The van der Waals surface area contributed by atoms with Crippen molar-refractivity contribution in [1.82, 2.24) is 9.88 Å². The van der Waals surface area contributed by atoms with E-state index in [-0.39, 0.29) is 17.6 Å². The molecule has 0 radical (unpaired) electrons. The molecule has 28 heavy (non-hydrogen) atoms. The molecule has 3 aromatic rings. The van der Waals surface area contributed by atoms with Gasteiger partial charge < -0.3 is 5.32 Å². The van der Waals surface area contributed by atoms with E-state index in [9.17, 15) is 22.0 Å². The average molecular weight is 393 g/mol. The molecule has 0 unspecified atom stereocenters. The van der Waals surface area contributed by atoms with E-state index in [0.29, 0.717) is 22.5 Å². The van der Waals surface area contributed by atoms with Gasteiger partial charge in [-0.15, -0.1) is 0 Å². The zero-order valence-corrected chi connectivity index (χ0v) is 14.9. The number of aryl methyl sites for hydroxylation is 1. The number of pyridine rings is 1. The molecule has 1 N–H and O–H groups in total. The van der Waals surface area contributed by atoms with E-state index in [4.69, 9.17) is 0 Å². The third-order valence-electron chi connectivity index (χ3n) is 4.75. The standard InChI is InChI=1S/C20H16F5N3/c1-11-17(7-12-5-6-15(22)18(23)19(12)26-11)27-16-4-2-3-14(21)13(16)8-28-9-20(24,25)10-28/h2-7,27H,8-10H2,1H3. The Balaban J connectivity index is 1.67. The summed E-state index contributed by atoms with van der Waals surface area (Å²) in [6.45, 7) is 0.815. The van der Waals surface area contributed by atoms with Gasteiger partial charge in [-0.25, -0.2) is 26.9 Å². The summed E-state index contributed by atoms with van der Waals surface area (Å²) in [4.78, 5) is 5.56. The van der Waals surface area contributed by atoms with Crippen LogP contribution in [0.4, 0.5) is 33.3 Å². The summed E-state index contributed by atoms with van der Waals surface area (Å²) in [5.74, 6) is -5.27. The summed E-state index contributed by atoms with van der Waals surface area (Å²) in [6.07, 6.45) is 0. The van der Waals surface area contributed by atoms with E-state index in [1.54, 1.807) is 19.1 Å². The van der Waals surface area contributed by atoms with Crippen molar-refractivity contribution in [1.29, 1.82) is 0 Å². The predicted molar refractivity (Wildman–Crippen MR) is 96.3 cm³/mol. The van der Waals surface area contributed by atoms with E-state index >= 15 is 0 Å². The highest BCUT2D eigenvalue weighted by atomic mass is 19.3. The molecule has 2 heterocycles. The molecule has 1 aromatic heterocycles. The molecular formula is C20H16F5N3. The fourth-order valence-electron chi connectivity index (χ4n) is 3.32. The van der Waals surface area contributed by atoms with Crippen molar-refractivity contribution in [2.75, 3.05) is 18.4 Å². The van der Waals surface area contributed by atoms with Crippen molar-refractivity contribution >= 4 is 22.3 Å². The fraction of sp³-hybridized carbons (Fsp3) is 0.250. The number of anilines is 2. The van der Waals surface area contributed by atoms with Gasteiger partial charge in [-0.3, -0.25) is 4.90 Å². The van der Waals surface area contributed by atoms with Gasteiger partial charge in [0.05, 0.1) is 24.5 Å². The van der Waals surface area contributed by atoms with Crippen molar-refractivity contribution in [2.24, 2.45) is 0 Å². The molecule has 1 aliphatic rings. The Bertz CT molecular complexity index is 1060.